The van der Waals surface area contributed by atoms with Crippen molar-refractivity contribution in [3.8, 4) is 0 Å². The second kappa shape index (κ2) is 10.1. The predicted octanol–water partition coefficient (Wildman–Crippen LogP) is 0.330. The number of hydrogen-bond donors (Lipinski definition) is 3. The maximum atomic E-state index is 9.00. The summed E-state index contributed by atoms with van der Waals surface area (Å²) in [6, 6.07) is 0.220. The largest absolute Gasteiger partial charge is 0.481 e. The minimum atomic E-state index is -0.833. The second-order valence-corrected chi connectivity index (χ2v) is 2.38. The zero-order chi connectivity index (χ0) is 9.98. The number of hydrogen-bond acceptors (Lipinski definition) is 3. The topological polar surface area (TPSA) is 89.3 Å². The van der Waals surface area contributed by atoms with E-state index in [0.717, 1.165) is 19.8 Å². The van der Waals surface area contributed by atoms with Gasteiger partial charge in [-0.15, -0.1) is 6.58 Å². The summed E-state index contributed by atoms with van der Waals surface area (Å²) >= 11 is 0. The molecule has 0 saturated carbocycles. The quantitative estimate of drug-likeness (QED) is 0.536. The third-order valence-corrected chi connectivity index (χ3v) is 1.01. The molecule has 12 heavy (non-hydrogen) atoms. The Morgan fingerprint density at radius 3 is 2.42 bits per heavy atom. The molecule has 0 aliphatic heterocycles. The van der Waals surface area contributed by atoms with Gasteiger partial charge >= 0.3 is 0 Å². The van der Waals surface area contributed by atoms with E-state index in [4.69, 9.17) is 21.4 Å². The van der Waals surface area contributed by atoms with Gasteiger partial charge in [0.25, 0.3) is 5.97 Å². The molecule has 0 fully saturated rings. The standard InChI is InChI=1S/C6H14N2.C2H4O2/c1-2-3-6(8)4-5-7;1-2(3)4/h2,6H,1,3-5,7-8H2;1H3,(H,3,4). The molecule has 0 aromatic heterocycles. The van der Waals surface area contributed by atoms with E-state index in [9.17, 15) is 0 Å². The summed E-state index contributed by atoms with van der Waals surface area (Å²) in [5, 5.41) is 7.42. The highest BCUT2D eigenvalue weighted by atomic mass is 16.4. The lowest BCUT2D eigenvalue weighted by Crippen LogP contribution is -2.22. The molecule has 1 atom stereocenters. The Labute approximate surface area is 73.2 Å². The predicted molar refractivity (Wildman–Crippen MR) is 49.8 cm³/mol. The molecule has 0 aromatic carbocycles. The first-order valence-corrected chi connectivity index (χ1v) is 3.80. The summed E-state index contributed by atoms with van der Waals surface area (Å²) in [6.07, 6.45) is 3.59. The van der Waals surface area contributed by atoms with Gasteiger partial charge in [-0.2, -0.15) is 0 Å². The van der Waals surface area contributed by atoms with Crippen LogP contribution in [0.4, 0.5) is 0 Å². The van der Waals surface area contributed by atoms with Gasteiger partial charge in [-0.25, -0.2) is 0 Å². The molecule has 0 saturated heterocycles. The van der Waals surface area contributed by atoms with Gasteiger partial charge in [0.2, 0.25) is 0 Å². The normalized spacial score (nSPS) is 10.9. The van der Waals surface area contributed by atoms with Crippen LogP contribution >= 0.6 is 0 Å². The number of nitrogens with two attached hydrogens (primary N) is 2. The molecule has 0 radical (unpaired) electrons. The third-order valence-electron chi connectivity index (χ3n) is 1.01. The van der Waals surface area contributed by atoms with E-state index in [1.54, 1.807) is 0 Å². The van der Waals surface area contributed by atoms with Gasteiger partial charge in [0.1, 0.15) is 0 Å². The maximum Gasteiger partial charge on any atom is 0.300 e. The molecule has 0 aliphatic rings. The van der Waals surface area contributed by atoms with Crippen LogP contribution in [0, 0.1) is 0 Å². The van der Waals surface area contributed by atoms with Crippen molar-refractivity contribution in [3.63, 3.8) is 0 Å². The number of aliphatic carboxylic acids is 1. The average Bonchev–Trinajstić information content (AvgIpc) is 1.87. The van der Waals surface area contributed by atoms with Crippen LogP contribution in [0.3, 0.4) is 0 Å². The Kier molecular flexibility index (Phi) is 11.6. The summed E-state index contributed by atoms with van der Waals surface area (Å²) in [4.78, 5) is 9.00. The Morgan fingerprint density at radius 2 is 2.17 bits per heavy atom. The van der Waals surface area contributed by atoms with Crippen molar-refractivity contribution in [2.24, 2.45) is 11.5 Å². The Balaban J connectivity index is 0. The highest BCUT2D eigenvalue weighted by Crippen LogP contribution is 1.91. The molecule has 0 bridgehead atoms. The molecule has 0 aliphatic carbocycles. The van der Waals surface area contributed by atoms with Crippen molar-refractivity contribution in [2.75, 3.05) is 6.54 Å². The molecule has 0 spiro atoms. The number of rotatable bonds is 4. The molecule has 5 N–H and O–H groups in total. The second-order valence-electron chi connectivity index (χ2n) is 2.38. The fraction of sp³-hybridized carbons (Fsp3) is 0.625. The van der Waals surface area contributed by atoms with Crippen molar-refractivity contribution < 1.29 is 9.90 Å². The van der Waals surface area contributed by atoms with E-state index in [2.05, 4.69) is 6.58 Å². The number of carbonyl (C=O) groups is 1. The zero-order valence-corrected chi connectivity index (χ0v) is 7.49. The van der Waals surface area contributed by atoms with E-state index < -0.39 is 5.97 Å². The van der Waals surface area contributed by atoms with Crippen LogP contribution in [0.15, 0.2) is 12.7 Å². The highest BCUT2D eigenvalue weighted by Gasteiger charge is 1.94. The number of carboxylic acids is 1. The summed E-state index contributed by atoms with van der Waals surface area (Å²) < 4.78 is 0. The smallest absolute Gasteiger partial charge is 0.300 e. The molecule has 1 unspecified atom stereocenters. The fourth-order valence-electron chi connectivity index (χ4n) is 0.546. The molecule has 0 amide bonds. The Bertz CT molecular complexity index is 122. The van der Waals surface area contributed by atoms with Crippen LogP contribution in [0.2, 0.25) is 0 Å². The van der Waals surface area contributed by atoms with Gasteiger partial charge in [-0.05, 0) is 19.4 Å². The fourth-order valence-corrected chi connectivity index (χ4v) is 0.546. The van der Waals surface area contributed by atoms with Gasteiger partial charge in [0.15, 0.2) is 0 Å². The Hall–Kier alpha value is -0.870. The van der Waals surface area contributed by atoms with Crippen molar-refractivity contribution in [2.45, 2.75) is 25.8 Å². The van der Waals surface area contributed by atoms with Crippen LogP contribution in [0.5, 0.6) is 0 Å². The molecule has 4 heteroatoms. The van der Waals surface area contributed by atoms with E-state index in [0.29, 0.717) is 6.54 Å². The summed E-state index contributed by atoms with van der Waals surface area (Å²) in [7, 11) is 0. The monoisotopic (exact) mass is 174 g/mol. The van der Waals surface area contributed by atoms with Crippen LogP contribution in [-0.2, 0) is 4.79 Å². The van der Waals surface area contributed by atoms with Gasteiger partial charge in [-0.1, -0.05) is 6.08 Å². The van der Waals surface area contributed by atoms with Gasteiger partial charge in [0, 0.05) is 13.0 Å². The van der Waals surface area contributed by atoms with E-state index in [-0.39, 0.29) is 6.04 Å². The minimum absolute atomic E-state index is 0.220. The lowest BCUT2D eigenvalue weighted by molar-refractivity contribution is -0.134. The van der Waals surface area contributed by atoms with E-state index in [1.165, 1.54) is 0 Å². The zero-order valence-electron chi connectivity index (χ0n) is 7.49. The van der Waals surface area contributed by atoms with E-state index >= 15 is 0 Å². The minimum Gasteiger partial charge on any atom is -0.481 e. The molecule has 0 rings (SSSR count). The molecule has 72 valence electrons. The molecule has 4 nitrogen and oxygen atoms in total. The van der Waals surface area contributed by atoms with Crippen LogP contribution in [-0.4, -0.2) is 23.7 Å². The van der Waals surface area contributed by atoms with Crippen molar-refractivity contribution in [1.82, 2.24) is 0 Å². The van der Waals surface area contributed by atoms with Crippen molar-refractivity contribution in [3.05, 3.63) is 12.7 Å². The Morgan fingerprint density at radius 1 is 1.75 bits per heavy atom. The van der Waals surface area contributed by atoms with Gasteiger partial charge < -0.3 is 16.6 Å². The van der Waals surface area contributed by atoms with Crippen molar-refractivity contribution in [1.29, 1.82) is 0 Å². The summed E-state index contributed by atoms with van der Waals surface area (Å²) in [5.41, 5.74) is 10.8. The molecule has 0 heterocycles. The molecular weight excluding hydrogens is 156 g/mol. The summed E-state index contributed by atoms with van der Waals surface area (Å²) in [6.45, 7) is 5.32. The third kappa shape index (κ3) is 22.9. The van der Waals surface area contributed by atoms with Crippen molar-refractivity contribution >= 4 is 5.97 Å². The average molecular weight is 174 g/mol. The maximum absolute atomic E-state index is 9.00. The number of carboxylic acid groups (broad SMARTS) is 1. The lowest BCUT2D eigenvalue weighted by Gasteiger charge is -2.04. The van der Waals surface area contributed by atoms with Gasteiger partial charge in [0.05, 0.1) is 0 Å². The first kappa shape index (κ1) is 13.7. The SMILES string of the molecule is C=CCC(N)CCN.CC(=O)O. The lowest BCUT2D eigenvalue weighted by atomic mass is 10.1. The highest BCUT2D eigenvalue weighted by molar-refractivity contribution is 5.62. The van der Waals surface area contributed by atoms with Crippen LogP contribution < -0.4 is 11.5 Å². The summed E-state index contributed by atoms with van der Waals surface area (Å²) in [5.74, 6) is -0.833. The molecule has 0 aromatic rings. The first-order valence-electron chi connectivity index (χ1n) is 3.80. The first-order chi connectivity index (χ1) is 5.54. The van der Waals surface area contributed by atoms with Gasteiger partial charge in [-0.3, -0.25) is 4.79 Å². The van der Waals surface area contributed by atoms with Crippen LogP contribution in [0.1, 0.15) is 19.8 Å². The van der Waals surface area contributed by atoms with Crippen LogP contribution in [0.25, 0.3) is 0 Å². The van der Waals surface area contributed by atoms with E-state index in [1.807, 2.05) is 6.08 Å². The molecular formula is C8H18N2O2.